The number of hydrogen-bond donors (Lipinski definition) is 2. The van der Waals surface area contributed by atoms with Crippen molar-refractivity contribution in [3.63, 3.8) is 0 Å². The minimum absolute atomic E-state index is 0.0378. The SMILES string of the molecule is CCCCCCCCCCC(CCCCCCCCCC)C(=O)N[C@@H](CC(C)C)C(=O)O. The van der Waals surface area contributed by atoms with Crippen LogP contribution >= 0.6 is 0 Å². The van der Waals surface area contributed by atoms with Crippen molar-refractivity contribution in [1.29, 1.82) is 0 Å². The minimum Gasteiger partial charge on any atom is -0.480 e. The Morgan fingerprint density at radius 1 is 0.656 bits per heavy atom. The van der Waals surface area contributed by atoms with Gasteiger partial charge in [0.05, 0.1) is 0 Å². The molecule has 0 aromatic heterocycles. The van der Waals surface area contributed by atoms with Crippen molar-refractivity contribution < 1.29 is 14.7 Å². The van der Waals surface area contributed by atoms with E-state index in [4.69, 9.17) is 0 Å². The quantitative estimate of drug-likeness (QED) is 0.153. The molecule has 0 spiro atoms. The minimum atomic E-state index is -0.912. The Morgan fingerprint density at radius 2 is 1.03 bits per heavy atom. The maximum absolute atomic E-state index is 12.9. The van der Waals surface area contributed by atoms with E-state index in [1.807, 2.05) is 13.8 Å². The average Bonchev–Trinajstić information content (AvgIpc) is 2.74. The van der Waals surface area contributed by atoms with Gasteiger partial charge in [0.1, 0.15) is 6.04 Å². The normalized spacial score (nSPS) is 12.4. The number of carboxylic acids is 1. The third-order valence-corrected chi connectivity index (χ3v) is 6.50. The van der Waals surface area contributed by atoms with E-state index in [1.54, 1.807) is 0 Å². The molecule has 0 aliphatic carbocycles. The summed E-state index contributed by atoms with van der Waals surface area (Å²) >= 11 is 0. The van der Waals surface area contributed by atoms with Gasteiger partial charge in [0.15, 0.2) is 0 Å². The van der Waals surface area contributed by atoms with Crippen LogP contribution in [0, 0.1) is 11.8 Å². The number of aliphatic carboxylic acids is 1. The highest BCUT2D eigenvalue weighted by Gasteiger charge is 2.25. The maximum Gasteiger partial charge on any atom is 0.326 e. The van der Waals surface area contributed by atoms with Crippen LogP contribution in [-0.4, -0.2) is 23.0 Å². The molecule has 190 valence electrons. The molecule has 4 nitrogen and oxygen atoms in total. The summed E-state index contributed by atoms with van der Waals surface area (Å²) in [6.07, 6.45) is 22.4. The number of carbonyl (C=O) groups is 2. The number of amides is 1. The third-order valence-electron chi connectivity index (χ3n) is 6.50. The zero-order chi connectivity index (χ0) is 24.0. The summed E-state index contributed by atoms with van der Waals surface area (Å²) in [5.74, 6) is -0.742. The number of carbonyl (C=O) groups excluding carboxylic acids is 1. The number of hydrogen-bond acceptors (Lipinski definition) is 2. The summed E-state index contributed by atoms with van der Waals surface area (Å²) in [5.41, 5.74) is 0. The zero-order valence-corrected chi connectivity index (χ0v) is 21.9. The molecule has 0 aromatic rings. The van der Waals surface area contributed by atoms with Crippen LogP contribution in [0.4, 0.5) is 0 Å². The highest BCUT2D eigenvalue weighted by atomic mass is 16.4. The lowest BCUT2D eigenvalue weighted by atomic mass is 9.92. The summed E-state index contributed by atoms with van der Waals surface area (Å²) in [6, 6.07) is -0.762. The molecular formula is C28H55NO3. The van der Waals surface area contributed by atoms with E-state index in [2.05, 4.69) is 19.2 Å². The van der Waals surface area contributed by atoms with Gasteiger partial charge in [-0.3, -0.25) is 4.79 Å². The van der Waals surface area contributed by atoms with Gasteiger partial charge in [0, 0.05) is 5.92 Å². The molecule has 32 heavy (non-hydrogen) atoms. The molecule has 0 fully saturated rings. The Morgan fingerprint density at radius 3 is 1.38 bits per heavy atom. The van der Waals surface area contributed by atoms with Gasteiger partial charge in [0.2, 0.25) is 5.91 Å². The first-order valence-electron chi connectivity index (χ1n) is 13.9. The van der Waals surface area contributed by atoms with Crippen molar-refractivity contribution in [2.75, 3.05) is 0 Å². The summed E-state index contributed by atoms with van der Waals surface area (Å²) in [7, 11) is 0. The molecule has 0 rings (SSSR count). The van der Waals surface area contributed by atoms with Crippen LogP contribution in [0.15, 0.2) is 0 Å². The third kappa shape index (κ3) is 18.5. The molecule has 0 unspecified atom stereocenters. The van der Waals surface area contributed by atoms with E-state index in [0.717, 1.165) is 25.7 Å². The average molecular weight is 454 g/mol. The first kappa shape index (κ1) is 30.9. The van der Waals surface area contributed by atoms with E-state index < -0.39 is 12.0 Å². The fourth-order valence-electron chi connectivity index (χ4n) is 4.44. The van der Waals surface area contributed by atoms with Crippen LogP contribution in [0.3, 0.4) is 0 Å². The van der Waals surface area contributed by atoms with Crippen LogP contribution in [0.1, 0.15) is 150 Å². The fourth-order valence-corrected chi connectivity index (χ4v) is 4.44. The highest BCUT2D eigenvalue weighted by Crippen LogP contribution is 2.21. The standard InChI is InChI=1S/C28H55NO3/c1-5-7-9-11-13-15-17-19-21-25(22-20-18-16-14-12-10-8-6-2)27(30)29-26(28(31)32)23-24(3)4/h24-26H,5-23H2,1-4H3,(H,29,30)(H,31,32)/t26-/m0/s1. The maximum atomic E-state index is 12.9. The summed E-state index contributed by atoms with van der Waals surface area (Å²) in [5, 5.41) is 12.4. The summed E-state index contributed by atoms with van der Waals surface area (Å²) in [4.78, 5) is 24.5. The van der Waals surface area contributed by atoms with Crippen LogP contribution in [-0.2, 0) is 9.59 Å². The fraction of sp³-hybridized carbons (Fsp3) is 0.929. The Kier molecular flexibility index (Phi) is 21.0. The molecule has 2 N–H and O–H groups in total. The van der Waals surface area contributed by atoms with Crippen molar-refractivity contribution >= 4 is 11.9 Å². The second kappa shape index (κ2) is 21.8. The number of nitrogens with one attached hydrogen (secondary N) is 1. The van der Waals surface area contributed by atoms with Gasteiger partial charge in [0.25, 0.3) is 0 Å². The Labute approximate surface area is 199 Å². The lowest BCUT2D eigenvalue weighted by Gasteiger charge is -2.21. The van der Waals surface area contributed by atoms with E-state index in [9.17, 15) is 14.7 Å². The van der Waals surface area contributed by atoms with Gasteiger partial charge in [-0.2, -0.15) is 0 Å². The summed E-state index contributed by atoms with van der Waals surface area (Å²) in [6.45, 7) is 8.49. The number of carboxylic acid groups (broad SMARTS) is 1. The van der Waals surface area contributed by atoms with Crippen LogP contribution in [0.2, 0.25) is 0 Å². The molecule has 0 aliphatic rings. The van der Waals surface area contributed by atoms with Crippen molar-refractivity contribution in [2.45, 2.75) is 156 Å². The zero-order valence-electron chi connectivity index (χ0n) is 21.9. The molecule has 0 radical (unpaired) electrons. The second-order valence-electron chi connectivity index (χ2n) is 10.3. The topological polar surface area (TPSA) is 66.4 Å². The molecule has 1 amide bonds. The van der Waals surface area contributed by atoms with E-state index in [0.29, 0.717) is 6.42 Å². The Balaban J connectivity index is 4.44. The van der Waals surface area contributed by atoms with Gasteiger partial charge in [-0.05, 0) is 25.2 Å². The lowest BCUT2D eigenvalue weighted by molar-refractivity contribution is -0.143. The molecule has 4 heteroatoms. The molecule has 1 atom stereocenters. The van der Waals surface area contributed by atoms with Crippen molar-refractivity contribution in [3.05, 3.63) is 0 Å². The van der Waals surface area contributed by atoms with Gasteiger partial charge in [-0.25, -0.2) is 4.79 Å². The Hall–Kier alpha value is -1.06. The number of rotatable bonds is 23. The first-order chi connectivity index (χ1) is 15.4. The Bertz CT molecular complexity index is 430. The second-order valence-corrected chi connectivity index (χ2v) is 10.3. The van der Waals surface area contributed by atoms with E-state index >= 15 is 0 Å². The van der Waals surface area contributed by atoms with Crippen molar-refractivity contribution in [2.24, 2.45) is 11.8 Å². The molecule has 0 heterocycles. The van der Waals surface area contributed by atoms with Crippen LogP contribution in [0.25, 0.3) is 0 Å². The van der Waals surface area contributed by atoms with Gasteiger partial charge in [-0.1, -0.05) is 130 Å². The molecule has 0 aliphatic heterocycles. The predicted octanol–water partition coefficient (Wildman–Crippen LogP) is 8.28. The van der Waals surface area contributed by atoms with E-state index in [-0.39, 0.29) is 17.7 Å². The molecular weight excluding hydrogens is 398 g/mol. The monoisotopic (exact) mass is 453 g/mol. The first-order valence-corrected chi connectivity index (χ1v) is 13.9. The van der Waals surface area contributed by atoms with Gasteiger partial charge in [-0.15, -0.1) is 0 Å². The van der Waals surface area contributed by atoms with Gasteiger partial charge < -0.3 is 10.4 Å². The molecule has 0 saturated carbocycles. The molecule has 0 saturated heterocycles. The number of unbranched alkanes of at least 4 members (excludes halogenated alkanes) is 14. The van der Waals surface area contributed by atoms with E-state index in [1.165, 1.54) is 89.9 Å². The van der Waals surface area contributed by atoms with Crippen molar-refractivity contribution in [1.82, 2.24) is 5.32 Å². The molecule has 0 bridgehead atoms. The predicted molar refractivity (Wildman–Crippen MR) is 137 cm³/mol. The highest BCUT2D eigenvalue weighted by molar-refractivity contribution is 5.84. The molecule has 0 aromatic carbocycles. The largest absolute Gasteiger partial charge is 0.480 e. The van der Waals surface area contributed by atoms with Crippen LogP contribution < -0.4 is 5.32 Å². The van der Waals surface area contributed by atoms with Gasteiger partial charge >= 0.3 is 5.97 Å². The van der Waals surface area contributed by atoms with Crippen LogP contribution in [0.5, 0.6) is 0 Å². The summed E-state index contributed by atoms with van der Waals surface area (Å²) < 4.78 is 0. The lowest BCUT2D eigenvalue weighted by Crippen LogP contribution is -2.44. The van der Waals surface area contributed by atoms with Crippen molar-refractivity contribution in [3.8, 4) is 0 Å². The smallest absolute Gasteiger partial charge is 0.326 e.